The third kappa shape index (κ3) is 5.29. The Labute approximate surface area is 190 Å². The van der Waals surface area contributed by atoms with Gasteiger partial charge < -0.3 is 19.9 Å². The van der Waals surface area contributed by atoms with Gasteiger partial charge in [0.15, 0.2) is 6.54 Å². The second-order valence-corrected chi connectivity index (χ2v) is 8.38. The molecule has 3 aromatic carbocycles. The Morgan fingerprint density at radius 2 is 1.56 bits per heavy atom. The van der Waals surface area contributed by atoms with E-state index in [-0.39, 0.29) is 11.9 Å². The number of para-hydroxylation sites is 1. The fourth-order valence-corrected chi connectivity index (χ4v) is 4.40. The third-order valence-electron chi connectivity index (χ3n) is 6.22. The number of anilines is 1. The SMILES string of the molecule is COc1ccc([C@@H](NC(=O)C[NH+]2CCN(c3ccccc3C)CC2)c2ccccc2)cc1. The van der Waals surface area contributed by atoms with Gasteiger partial charge in [0.05, 0.1) is 39.3 Å². The largest absolute Gasteiger partial charge is 0.497 e. The average Bonchev–Trinajstić information content (AvgIpc) is 2.84. The van der Waals surface area contributed by atoms with E-state index in [1.807, 2.05) is 42.5 Å². The highest BCUT2D eigenvalue weighted by molar-refractivity contribution is 5.78. The van der Waals surface area contributed by atoms with Crippen molar-refractivity contribution < 1.29 is 14.4 Å². The van der Waals surface area contributed by atoms with E-state index in [2.05, 4.69) is 53.5 Å². The molecule has 3 aromatic rings. The Morgan fingerprint density at radius 3 is 2.22 bits per heavy atom. The molecular weight excluding hydrogens is 398 g/mol. The molecule has 1 aliphatic rings. The zero-order valence-corrected chi connectivity index (χ0v) is 18.9. The number of hydrogen-bond acceptors (Lipinski definition) is 3. The number of quaternary nitrogens is 1. The molecule has 1 fully saturated rings. The number of aryl methyl sites for hydroxylation is 1. The van der Waals surface area contributed by atoms with Crippen LogP contribution < -0.4 is 19.9 Å². The summed E-state index contributed by atoms with van der Waals surface area (Å²) in [6.07, 6.45) is 0. The lowest BCUT2D eigenvalue weighted by Crippen LogP contribution is -3.16. The van der Waals surface area contributed by atoms with Crippen LogP contribution in [0.1, 0.15) is 22.7 Å². The van der Waals surface area contributed by atoms with Crippen molar-refractivity contribution in [1.82, 2.24) is 5.32 Å². The molecule has 1 amide bonds. The smallest absolute Gasteiger partial charge is 0.275 e. The molecule has 5 nitrogen and oxygen atoms in total. The number of amides is 1. The highest BCUT2D eigenvalue weighted by Gasteiger charge is 2.25. The molecule has 1 atom stereocenters. The lowest BCUT2D eigenvalue weighted by Gasteiger charge is -2.34. The van der Waals surface area contributed by atoms with Crippen LogP contribution >= 0.6 is 0 Å². The van der Waals surface area contributed by atoms with Crippen LogP contribution in [0.25, 0.3) is 0 Å². The van der Waals surface area contributed by atoms with E-state index in [1.54, 1.807) is 7.11 Å². The minimum absolute atomic E-state index is 0.0778. The quantitative estimate of drug-likeness (QED) is 0.606. The number of hydrogen-bond donors (Lipinski definition) is 2. The van der Waals surface area contributed by atoms with Crippen molar-refractivity contribution in [3.8, 4) is 5.75 Å². The van der Waals surface area contributed by atoms with Gasteiger partial charge in [0.25, 0.3) is 5.91 Å². The molecule has 166 valence electrons. The summed E-state index contributed by atoms with van der Waals surface area (Å²) in [6, 6.07) is 26.4. The molecule has 1 saturated heterocycles. The van der Waals surface area contributed by atoms with Crippen molar-refractivity contribution in [3.63, 3.8) is 0 Å². The van der Waals surface area contributed by atoms with Gasteiger partial charge in [0.1, 0.15) is 5.75 Å². The first kappa shape index (κ1) is 21.9. The lowest BCUT2D eigenvalue weighted by atomic mass is 9.98. The van der Waals surface area contributed by atoms with Crippen LogP contribution in [0.4, 0.5) is 5.69 Å². The van der Waals surface area contributed by atoms with E-state index in [0.717, 1.165) is 43.1 Å². The number of benzene rings is 3. The Balaban J connectivity index is 1.39. The molecule has 0 bridgehead atoms. The highest BCUT2D eigenvalue weighted by Crippen LogP contribution is 2.24. The molecule has 0 aromatic heterocycles. The Hall–Kier alpha value is -3.31. The summed E-state index contributed by atoms with van der Waals surface area (Å²) in [4.78, 5) is 16.8. The van der Waals surface area contributed by atoms with Gasteiger partial charge in [-0.3, -0.25) is 4.79 Å². The molecule has 2 N–H and O–H groups in total. The van der Waals surface area contributed by atoms with Crippen molar-refractivity contribution in [2.24, 2.45) is 0 Å². The maximum atomic E-state index is 13.0. The van der Waals surface area contributed by atoms with Crippen molar-refractivity contribution >= 4 is 11.6 Å². The lowest BCUT2D eigenvalue weighted by molar-refractivity contribution is -0.892. The van der Waals surface area contributed by atoms with E-state index in [9.17, 15) is 4.79 Å². The molecule has 0 radical (unpaired) electrons. The van der Waals surface area contributed by atoms with Gasteiger partial charge in [-0.2, -0.15) is 0 Å². The van der Waals surface area contributed by atoms with Gasteiger partial charge in [0.2, 0.25) is 0 Å². The first-order valence-electron chi connectivity index (χ1n) is 11.3. The molecule has 0 aliphatic carbocycles. The molecule has 0 unspecified atom stereocenters. The van der Waals surface area contributed by atoms with Crippen molar-refractivity contribution in [3.05, 3.63) is 95.6 Å². The maximum absolute atomic E-state index is 13.0. The third-order valence-corrected chi connectivity index (χ3v) is 6.22. The number of piperazine rings is 1. The second kappa shape index (κ2) is 10.3. The summed E-state index contributed by atoms with van der Waals surface area (Å²) in [7, 11) is 1.66. The first-order valence-corrected chi connectivity index (χ1v) is 11.3. The first-order chi connectivity index (χ1) is 15.6. The van der Waals surface area contributed by atoms with Crippen LogP contribution in [0.15, 0.2) is 78.9 Å². The van der Waals surface area contributed by atoms with Crippen LogP contribution in [0.5, 0.6) is 5.75 Å². The predicted octanol–water partition coefficient (Wildman–Crippen LogP) is 2.61. The molecule has 0 spiro atoms. The summed E-state index contributed by atoms with van der Waals surface area (Å²) >= 11 is 0. The normalized spacial score (nSPS) is 15.2. The summed E-state index contributed by atoms with van der Waals surface area (Å²) in [5.74, 6) is 0.886. The Kier molecular flexibility index (Phi) is 7.07. The predicted molar refractivity (Wildman–Crippen MR) is 128 cm³/mol. The van der Waals surface area contributed by atoms with E-state index >= 15 is 0 Å². The molecule has 1 heterocycles. The summed E-state index contributed by atoms with van der Waals surface area (Å²) < 4.78 is 5.29. The number of nitrogens with zero attached hydrogens (tertiary/aromatic N) is 1. The number of ether oxygens (including phenoxy) is 1. The van der Waals surface area contributed by atoms with E-state index in [0.29, 0.717) is 6.54 Å². The van der Waals surface area contributed by atoms with Gasteiger partial charge in [0, 0.05) is 5.69 Å². The number of nitrogens with one attached hydrogen (secondary N) is 2. The fourth-order valence-electron chi connectivity index (χ4n) is 4.40. The van der Waals surface area contributed by atoms with E-state index in [4.69, 9.17) is 4.74 Å². The average molecular weight is 431 g/mol. The molecule has 5 heteroatoms. The fraction of sp³-hybridized carbons (Fsp3) is 0.296. The number of methoxy groups -OCH3 is 1. The summed E-state index contributed by atoms with van der Waals surface area (Å²) in [6.45, 7) is 6.49. The molecular formula is C27H32N3O2+. The molecule has 32 heavy (non-hydrogen) atoms. The van der Waals surface area contributed by atoms with Crippen molar-refractivity contribution in [2.75, 3.05) is 44.7 Å². The monoisotopic (exact) mass is 430 g/mol. The van der Waals surface area contributed by atoms with Crippen LogP contribution in [-0.4, -0.2) is 45.7 Å². The van der Waals surface area contributed by atoms with Crippen LogP contribution in [0.2, 0.25) is 0 Å². The minimum Gasteiger partial charge on any atom is -0.497 e. The molecule has 4 rings (SSSR count). The van der Waals surface area contributed by atoms with Gasteiger partial charge >= 0.3 is 0 Å². The second-order valence-electron chi connectivity index (χ2n) is 8.38. The zero-order chi connectivity index (χ0) is 22.3. The number of rotatable bonds is 7. The standard InChI is InChI=1S/C27H31N3O2/c1-21-8-6-7-11-25(21)30-18-16-29(17-19-30)20-26(31)28-27(22-9-4-3-5-10-22)23-12-14-24(32-2)15-13-23/h3-15,27H,16-20H2,1-2H3,(H,28,31)/p+1/t27-/m0/s1. The van der Waals surface area contributed by atoms with Crippen LogP contribution in [0.3, 0.4) is 0 Å². The zero-order valence-electron chi connectivity index (χ0n) is 18.9. The van der Waals surface area contributed by atoms with Gasteiger partial charge in [-0.25, -0.2) is 0 Å². The minimum atomic E-state index is -0.178. The molecule has 0 saturated carbocycles. The van der Waals surface area contributed by atoms with Crippen molar-refractivity contribution in [2.45, 2.75) is 13.0 Å². The Bertz CT molecular complexity index is 1010. The maximum Gasteiger partial charge on any atom is 0.275 e. The van der Waals surface area contributed by atoms with Crippen molar-refractivity contribution in [1.29, 1.82) is 0 Å². The van der Waals surface area contributed by atoms with Gasteiger partial charge in [-0.1, -0.05) is 60.7 Å². The van der Waals surface area contributed by atoms with Crippen LogP contribution in [-0.2, 0) is 4.79 Å². The van der Waals surface area contributed by atoms with Gasteiger partial charge in [-0.05, 0) is 41.8 Å². The van der Waals surface area contributed by atoms with E-state index in [1.165, 1.54) is 16.2 Å². The Morgan fingerprint density at radius 1 is 0.938 bits per heavy atom. The molecule has 1 aliphatic heterocycles. The number of carbonyl (C=O) groups is 1. The topological polar surface area (TPSA) is 46.0 Å². The van der Waals surface area contributed by atoms with Gasteiger partial charge in [-0.15, -0.1) is 0 Å². The van der Waals surface area contributed by atoms with Crippen LogP contribution in [0, 0.1) is 6.92 Å². The summed E-state index contributed by atoms with van der Waals surface area (Å²) in [5.41, 5.74) is 4.73. The highest BCUT2D eigenvalue weighted by atomic mass is 16.5. The number of carbonyl (C=O) groups excluding carboxylic acids is 1. The van der Waals surface area contributed by atoms with E-state index < -0.39 is 0 Å². The summed E-state index contributed by atoms with van der Waals surface area (Å²) in [5, 5.41) is 3.27.